The number of rotatable bonds is 7. The molecule has 0 saturated heterocycles. The van der Waals surface area contributed by atoms with Gasteiger partial charge in [-0.3, -0.25) is 4.79 Å². The molecule has 0 N–H and O–H groups in total. The zero-order chi connectivity index (χ0) is 12.5. The van der Waals surface area contributed by atoms with E-state index in [2.05, 4.69) is 6.92 Å². The largest absolute Gasteiger partial charge is 0.502 e. The van der Waals surface area contributed by atoms with Gasteiger partial charge in [-0.2, -0.15) is 0 Å². The van der Waals surface area contributed by atoms with Crippen LogP contribution in [0.1, 0.15) is 42.6 Å². The van der Waals surface area contributed by atoms with E-state index in [1.54, 1.807) is 13.2 Å². The Hall–Kier alpha value is -1.57. The summed E-state index contributed by atoms with van der Waals surface area (Å²) in [5, 5.41) is 0. The molecule has 0 bridgehead atoms. The van der Waals surface area contributed by atoms with Gasteiger partial charge in [0.15, 0.2) is 5.78 Å². The minimum atomic E-state index is 0.106. The third-order valence-corrected chi connectivity index (χ3v) is 2.52. The fourth-order valence-corrected chi connectivity index (χ4v) is 1.42. The van der Waals surface area contributed by atoms with Crippen LogP contribution in [0.5, 0.6) is 0 Å². The summed E-state index contributed by atoms with van der Waals surface area (Å²) in [6.07, 6.45) is 6.84. The maximum Gasteiger partial charge on any atom is 0.159 e. The maximum absolute atomic E-state index is 11.1. The summed E-state index contributed by atoms with van der Waals surface area (Å²) in [6.45, 7) is 4.51. The zero-order valence-corrected chi connectivity index (χ0v) is 10.6. The van der Waals surface area contributed by atoms with Crippen molar-refractivity contribution in [2.24, 2.45) is 0 Å². The standard InChI is InChI=1S/C15H20O2/c1-3-4-11-17-12-5-6-14-7-9-15(10-8-14)13(2)16/h5,7-10,12H,3-4,6,11H2,1-2H3/b12-5-. The molecule has 17 heavy (non-hydrogen) atoms. The van der Waals surface area contributed by atoms with E-state index in [1.165, 1.54) is 5.56 Å². The summed E-state index contributed by atoms with van der Waals surface area (Å²) in [5.74, 6) is 0.106. The molecule has 1 rings (SSSR count). The molecule has 0 saturated carbocycles. The maximum atomic E-state index is 11.1. The third-order valence-electron chi connectivity index (χ3n) is 2.52. The molecule has 0 spiro atoms. The molecule has 0 fully saturated rings. The van der Waals surface area contributed by atoms with Crippen LogP contribution >= 0.6 is 0 Å². The Bertz CT molecular complexity index is 363. The number of hydrogen-bond donors (Lipinski definition) is 0. The van der Waals surface area contributed by atoms with Gasteiger partial charge in [0.05, 0.1) is 12.9 Å². The smallest absolute Gasteiger partial charge is 0.159 e. The van der Waals surface area contributed by atoms with Crippen LogP contribution in [-0.4, -0.2) is 12.4 Å². The molecule has 0 aliphatic rings. The number of carbonyl (C=O) groups is 1. The highest BCUT2D eigenvalue weighted by Gasteiger charge is 1.97. The predicted molar refractivity (Wildman–Crippen MR) is 70.2 cm³/mol. The van der Waals surface area contributed by atoms with Gasteiger partial charge < -0.3 is 4.74 Å². The molecule has 0 aliphatic carbocycles. The lowest BCUT2D eigenvalue weighted by molar-refractivity contribution is 0.101. The van der Waals surface area contributed by atoms with E-state index in [4.69, 9.17) is 4.74 Å². The van der Waals surface area contributed by atoms with Gasteiger partial charge in [0.2, 0.25) is 0 Å². The molecular weight excluding hydrogens is 212 g/mol. The average molecular weight is 232 g/mol. The first-order chi connectivity index (χ1) is 8.24. The number of unbranched alkanes of at least 4 members (excludes halogenated alkanes) is 1. The van der Waals surface area contributed by atoms with Crippen LogP contribution in [0.3, 0.4) is 0 Å². The second kappa shape index (κ2) is 7.66. The Labute approximate surface area is 103 Å². The van der Waals surface area contributed by atoms with Crippen LogP contribution in [0.25, 0.3) is 0 Å². The lowest BCUT2D eigenvalue weighted by Crippen LogP contribution is -1.92. The molecule has 0 amide bonds. The molecule has 0 heterocycles. The Kier molecular flexibility index (Phi) is 6.08. The van der Waals surface area contributed by atoms with E-state index >= 15 is 0 Å². The predicted octanol–water partition coefficient (Wildman–Crippen LogP) is 3.76. The molecule has 92 valence electrons. The summed E-state index contributed by atoms with van der Waals surface area (Å²) >= 11 is 0. The number of benzene rings is 1. The molecule has 0 aromatic heterocycles. The van der Waals surface area contributed by atoms with Crippen molar-refractivity contribution in [3.8, 4) is 0 Å². The molecule has 2 heteroatoms. The van der Waals surface area contributed by atoms with Crippen LogP contribution in [0.15, 0.2) is 36.6 Å². The van der Waals surface area contributed by atoms with E-state index in [1.807, 2.05) is 30.3 Å². The van der Waals surface area contributed by atoms with Crippen molar-refractivity contribution in [2.45, 2.75) is 33.1 Å². The quantitative estimate of drug-likeness (QED) is 0.406. The van der Waals surface area contributed by atoms with Crippen molar-refractivity contribution in [3.63, 3.8) is 0 Å². The second-order valence-electron chi connectivity index (χ2n) is 4.05. The average Bonchev–Trinajstić information content (AvgIpc) is 2.34. The van der Waals surface area contributed by atoms with Crippen molar-refractivity contribution in [1.29, 1.82) is 0 Å². The first kappa shape index (κ1) is 13.5. The van der Waals surface area contributed by atoms with Gasteiger partial charge in [-0.15, -0.1) is 0 Å². The summed E-state index contributed by atoms with van der Waals surface area (Å²) in [7, 11) is 0. The van der Waals surface area contributed by atoms with Gasteiger partial charge >= 0.3 is 0 Å². The summed E-state index contributed by atoms with van der Waals surface area (Å²) in [5.41, 5.74) is 1.95. The Balaban J connectivity index is 2.34. The topological polar surface area (TPSA) is 26.3 Å². The number of carbonyl (C=O) groups excluding carboxylic acids is 1. The Morgan fingerprint density at radius 3 is 2.59 bits per heavy atom. The normalized spacial score (nSPS) is 10.7. The number of allylic oxidation sites excluding steroid dienone is 1. The minimum Gasteiger partial charge on any atom is -0.502 e. The monoisotopic (exact) mass is 232 g/mol. The van der Waals surface area contributed by atoms with E-state index in [-0.39, 0.29) is 5.78 Å². The molecule has 1 aromatic carbocycles. The zero-order valence-electron chi connectivity index (χ0n) is 10.6. The molecule has 0 atom stereocenters. The highest BCUT2D eigenvalue weighted by Crippen LogP contribution is 2.06. The van der Waals surface area contributed by atoms with Gasteiger partial charge in [0.1, 0.15) is 0 Å². The summed E-state index contributed by atoms with van der Waals surface area (Å²) in [6, 6.07) is 7.69. The number of Topliss-reactive ketones (excluding diaryl/α,β-unsaturated/α-hetero) is 1. The first-order valence-corrected chi connectivity index (χ1v) is 6.10. The van der Waals surface area contributed by atoms with Crippen LogP contribution in [0.4, 0.5) is 0 Å². The van der Waals surface area contributed by atoms with Crippen molar-refractivity contribution >= 4 is 5.78 Å². The van der Waals surface area contributed by atoms with Crippen molar-refractivity contribution in [3.05, 3.63) is 47.7 Å². The van der Waals surface area contributed by atoms with Crippen LogP contribution in [-0.2, 0) is 11.2 Å². The summed E-state index contributed by atoms with van der Waals surface area (Å²) in [4.78, 5) is 11.1. The van der Waals surface area contributed by atoms with Crippen molar-refractivity contribution in [1.82, 2.24) is 0 Å². The number of ketones is 1. The molecule has 1 aromatic rings. The van der Waals surface area contributed by atoms with E-state index in [0.717, 1.165) is 31.4 Å². The van der Waals surface area contributed by atoms with Crippen molar-refractivity contribution < 1.29 is 9.53 Å². The molecule has 2 nitrogen and oxygen atoms in total. The molecular formula is C15H20O2. The third kappa shape index (κ3) is 5.34. The fraction of sp³-hybridized carbons (Fsp3) is 0.400. The van der Waals surface area contributed by atoms with Crippen LogP contribution in [0, 0.1) is 0 Å². The van der Waals surface area contributed by atoms with Crippen LogP contribution in [0.2, 0.25) is 0 Å². The van der Waals surface area contributed by atoms with Crippen molar-refractivity contribution in [2.75, 3.05) is 6.61 Å². The van der Waals surface area contributed by atoms with Gasteiger partial charge in [0, 0.05) is 5.56 Å². The van der Waals surface area contributed by atoms with E-state index in [0.29, 0.717) is 0 Å². The highest BCUT2D eigenvalue weighted by molar-refractivity contribution is 5.93. The lowest BCUT2D eigenvalue weighted by atomic mass is 10.1. The number of ether oxygens (including phenoxy) is 1. The number of hydrogen-bond acceptors (Lipinski definition) is 2. The molecule has 0 unspecified atom stereocenters. The highest BCUT2D eigenvalue weighted by atomic mass is 16.5. The van der Waals surface area contributed by atoms with Gasteiger partial charge in [0.25, 0.3) is 0 Å². The van der Waals surface area contributed by atoms with E-state index < -0.39 is 0 Å². The summed E-state index contributed by atoms with van der Waals surface area (Å²) < 4.78 is 5.32. The fourth-order valence-electron chi connectivity index (χ4n) is 1.42. The first-order valence-electron chi connectivity index (χ1n) is 6.10. The molecule has 0 radical (unpaired) electrons. The SMILES string of the molecule is CCCCO/C=C\Cc1ccc(C(C)=O)cc1. The van der Waals surface area contributed by atoms with Crippen LogP contribution < -0.4 is 0 Å². The van der Waals surface area contributed by atoms with Gasteiger partial charge in [-0.1, -0.05) is 37.6 Å². The molecule has 0 aliphatic heterocycles. The Morgan fingerprint density at radius 2 is 2.00 bits per heavy atom. The lowest BCUT2D eigenvalue weighted by Gasteiger charge is -2.00. The Morgan fingerprint density at radius 1 is 1.29 bits per heavy atom. The van der Waals surface area contributed by atoms with Gasteiger partial charge in [-0.25, -0.2) is 0 Å². The second-order valence-corrected chi connectivity index (χ2v) is 4.05. The van der Waals surface area contributed by atoms with Gasteiger partial charge in [-0.05, 0) is 31.4 Å². The van der Waals surface area contributed by atoms with E-state index in [9.17, 15) is 4.79 Å². The minimum absolute atomic E-state index is 0.106.